The fourth-order valence-corrected chi connectivity index (χ4v) is 3.99. The summed E-state index contributed by atoms with van der Waals surface area (Å²) in [6, 6.07) is 7.37. The first-order chi connectivity index (χ1) is 8.56. The van der Waals surface area contributed by atoms with Crippen molar-refractivity contribution >= 4 is 11.7 Å². The number of benzene rings is 1. The maximum absolute atomic E-state index is 11.7. The van der Waals surface area contributed by atoms with Crippen LogP contribution in [0.25, 0.3) is 0 Å². The van der Waals surface area contributed by atoms with Gasteiger partial charge in [-0.1, -0.05) is 25.0 Å². The number of carboxylic acid groups (broad SMARTS) is 1. The quantitative estimate of drug-likeness (QED) is 0.787. The number of carboxylic acids is 1. The maximum atomic E-state index is 11.7. The molecule has 18 heavy (non-hydrogen) atoms. The Labute approximate surface area is 107 Å². The van der Waals surface area contributed by atoms with E-state index >= 15 is 0 Å². The molecule has 0 aromatic heterocycles. The Hall–Kier alpha value is -1.51. The molecule has 3 rings (SSSR count). The minimum Gasteiger partial charge on any atom is -0.481 e. The van der Waals surface area contributed by atoms with Crippen LogP contribution in [0.5, 0.6) is 0 Å². The van der Waals surface area contributed by atoms with Gasteiger partial charge in [-0.2, -0.15) is 0 Å². The van der Waals surface area contributed by atoms with Crippen molar-refractivity contribution < 1.29 is 9.90 Å². The Morgan fingerprint density at radius 3 is 2.17 bits per heavy atom. The third kappa shape index (κ3) is 1.53. The van der Waals surface area contributed by atoms with E-state index in [0.717, 1.165) is 18.4 Å². The first kappa shape index (κ1) is 11.6. The van der Waals surface area contributed by atoms with Crippen LogP contribution >= 0.6 is 0 Å². The van der Waals surface area contributed by atoms with Crippen molar-refractivity contribution in [3.63, 3.8) is 0 Å². The Morgan fingerprint density at radius 1 is 1.11 bits per heavy atom. The van der Waals surface area contributed by atoms with Crippen molar-refractivity contribution in [1.29, 1.82) is 0 Å². The van der Waals surface area contributed by atoms with Crippen LogP contribution in [-0.2, 0) is 10.2 Å². The van der Waals surface area contributed by atoms with Gasteiger partial charge in [0.15, 0.2) is 0 Å². The molecule has 3 nitrogen and oxygen atoms in total. The van der Waals surface area contributed by atoms with E-state index < -0.39 is 11.4 Å². The molecule has 0 saturated heterocycles. The summed E-state index contributed by atoms with van der Waals surface area (Å²) in [4.78, 5) is 11.7. The molecule has 2 fully saturated rings. The van der Waals surface area contributed by atoms with Gasteiger partial charge in [0.1, 0.15) is 0 Å². The van der Waals surface area contributed by atoms with Crippen LogP contribution in [-0.4, -0.2) is 11.1 Å². The Morgan fingerprint density at radius 2 is 1.67 bits per heavy atom. The van der Waals surface area contributed by atoms with Gasteiger partial charge in [0, 0.05) is 5.69 Å². The molecule has 0 radical (unpaired) electrons. The summed E-state index contributed by atoms with van der Waals surface area (Å²) in [6.45, 7) is 0. The number of carbonyl (C=O) groups is 1. The van der Waals surface area contributed by atoms with E-state index in [1.807, 2.05) is 12.1 Å². The van der Waals surface area contributed by atoms with Crippen LogP contribution in [0.2, 0.25) is 0 Å². The van der Waals surface area contributed by atoms with Crippen LogP contribution in [0.1, 0.15) is 44.1 Å². The second kappa shape index (κ2) is 3.74. The van der Waals surface area contributed by atoms with Crippen LogP contribution in [0.4, 0.5) is 5.69 Å². The first-order valence-electron chi connectivity index (χ1n) is 6.66. The normalized spacial score (nSPS) is 23.8. The van der Waals surface area contributed by atoms with Crippen LogP contribution in [0.15, 0.2) is 24.3 Å². The van der Waals surface area contributed by atoms with E-state index in [1.165, 1.54) is 25.7 Å². The molecule has 0 atom stereocenters. The molecule has 0 aliphatic heterocycles. The van der Waals surface area contributed by atoms with Crippen LogP contribution in [0.3, 0.4) is 0 Å². The van der Waals surface area contributed by atoms with E-state index in [4.69, 9.17) is 5.73 Å². The van der Waals surface area contributed by atoms with Gasteiger partial charge in [0.2, 0.25) is 0 Å². The fraction of sp³-hybridized carbons (Fsp3) is 0.533. The third-order valence-corrected chi connectivity index (χ3v) is 4.89. The van der Waals surface area contributed by atoms with Crippen molar-refractivity contribution in [3.8, 4) is 0 Å². The van der Waals surface area contributed by atoms with Crippen molar-refractivity contribution in [2.24, 2.45) is 5.41 Å². The molecule has 2 aliphatic carbocycles. The van der Waals surface area contributed by atoms with E-state index in [2.05, 4.69) is 0 Å². The predicted molar refractivity (Wildman–Crippen MR) is 70.3 cm³/mol. The largest absolute Gasteiger partial charge is 0.481 e. The van der Waals surface area contributed by atoms with E-state index in [9.17, 15) is 9.90 Å². The second-order valence-corrected chi connectivity index (χ2v) is 6.07. The van der Waals surface area contributed by atoms with E-state index in [0.29, 0.717) is 11.1 Å². The van der Waals surface area contributed by atoms with Gasteiger partial charge in [0.25, 0.3) is 0 Å². The summed E-state index contributed by atoms with van der Waals surface area (Å²) in [6.07, 6.45) is 6.54. The third-order valence-electron chi connectivity index (χ3n) is 4.89. The van der Waals surface area contributed by atoms with Gasteiger partial charge in [-0.25, -0.2) is 0 Å². The lowest BCUT2D eigenvalue weighted by Gasteiger charge is -2.52. The highest BCUT2D eigenvalue weighted by Crippen LogP contribution is 2.63. The predicted octanol–water partition coefficient (Wildman–Crippen LogP) is 2.95. The van der Waals surface area contributed by atoms with Crippen molar-refractivity contribution in [2.75, 3.05) is 5.73 Å². The van der Waals surface area contributed by atoms with Gasteiger partial charge in [-0.3, -0.25) is 4.79 Å². The SMILES string of the molecule is Nc1ccc(C2(C(=O)O)CC3(CCCC3)C2)cc1. The maximum Gasteiger partial charge on any atom is 0.314 e. The van der Waals surface area contributed by atoms with Gasteiger partial charge in [-0.15, -0.1) is 0 Å². The summed E-state index contributed by atoms with van der Waals surface area (Å²) >= 11 is 0. The van der Waals surface area contributed by atoms with Gasteiger partial charge >= 0.3 is 5.97 Å². The summed E-state index contributed by atoms with van der Waals surface area (Å²) < 4.78 is 0. The molecule has 1 spiro atoms. The van der Waals surface area contributed by atoms with Crippen LogP contribution in [0, 0.1) is 5.41 Å². The number of rotatable bonds is 2. The number of nitrogen functional groups attached to an aromatic ring is 1. The molecule has 0 unspecified atom stereocenters. The monoisotopic (exact) mass is 245 g/mol. The average molecular weight is 245 g/mol. The second-order valence-electron chi connectivity index (χ2n) is 6.07. The molecule has 0 heterocycles. The van der Waals surface area contributed by atoms with Gasteiger partial charge in [0.05, 0.1) is 5.41 Å². The topological polar surface area (TPSA) is 63.3 Å². The Kier molecular flexibility index (Phi) is 2.40. The fourth-order valence-electron chi connectivity index (χ4n) is 3.99. The molecule has 2 aliphatic rings. The lowest BCUT2D eigenvalue weighted by molar-refractivity contribution is -0.154. The molecular formula is C15H19NO2. The highest BCUT2D eigenvalue weighted by Gasteiger charge is 2.60. The molecule has 0 amide bonds. The minimum absolute atomic E-state index is 0.319. The van der Waals surface area contributed by atoms with E-state index in [1.54, 1.807) is 12.1 Å². The molecule has 1 aromatic carbocycles. The first-order valence-corrected chi connectivity index (χ1v) is 6.66. The van der Waals surface area contributed by atoms with E-state index in [-0.39, 0.29) is 0 Å². The highest BCUT2D eigenvalue weighted by molar-refractivity contribution is 5.83. The number of hydrogen-bond acceptors (Lipinski definition) is 2. The number of anilines is 1. The molecule has 2 saturated carbocycles. The lowest BCUT2D eigenvalue weighted by Crippen LogP contribution is -2.53. The zero-order valence-corrected chi connectivity index (χ0v) is 10.5. The summed E-state index contributed by atoms with van der Waals surface area (Å²) in [5, 5.41) is 9.62. The summed E-state index contributed by atoms with van der Waals surface area (Å²) in [5.41, 5.74) is 6.95. The molecule has 96 valence electrons. The number of aliphatic carboxylic acids is 1. The van der Waals surface area contributed by atoms with Crippen molar-refractivity contribution in [1.82, 2.24) is 0 Å². The van der Waals surface area contributed by atoms with Crippen molar-refractivity contribution in [3.05, 3.63) is 29.8 Å². The highest BCUT2D eigenvalue weighted by atomic mass is 16.4. The summed E-state index contributed by atoms with van der Waals surface area (Å²) in [5.74, 6) is -0.676. The Balaban J connectivity index is 1.90. The van der Waals surface area contributed by atoms with Crippen molar-refractivity contribution in [2.45, 2.75) is 43.9 Å². The zero-order valence-electron chi connectivity index (χ0n) is 10.5. The van der Waals surface area contributed by atoms with Gasteiger partial charge < -0.3 is 10.8 Å². The molecular weight excluding hydrogens is 226 g/mol. The molecule has 0 bridgehead atoms. The molecule has 3 N–H and O–H groups in total. The smallest absolute Gasteiger partial charge is 0.314 e. The van der Waals surface area contributed by atoms with Gasteiger partial charge in [-0.05, 0) is 48.8 Å². The Bertz CT molecular complexity index is 464. The number of nitrogens with two attached hydrogens (primary N) is 1. The molecule has 3 heteroatoms. The number of hydrogen-bond donors (Lipinski definition) is 2. The average Bonchev–Trinajstić information content (AvgIpc) is 2.76. The zero-order chi connectivity index (χ0) is 12.8. The van der Waals surface area contributed by atoms with Crippen LogP contribution < -0.4 is 5.73 Å². The molecule has 1 aromatic rings. The standard InChI is InChI=1S/C15H19NO2/c16-12-5-3-11(4-6-12)15(13(17)18)9-14(10-15)7-1-2-8-14/h3-6H,1-2,7-10,16H2,(H,17,18). The minimum atomic E-state index is -0.676. The summed E-state index contributed by atoms with van der Waals surface area (Å²) in [7, 11) is 0. The lowest BCUT2D eigenvalue weighted by atomic mass is 9.49.